The van der Waals surface area contributed by atoms with Crippen LogP contribution in [0.5, 0.6) is 5.75 Å². The van der Waals surface area contributed by atoms with Gasteiger partial charge in [0.05, 0.1) is 5.56 Å². The van der Waals surface area contributed by atoms with Gasteiger partial charge in [0, 0.05) is 0 Å². The van der Waals surface area contributed by atoms with E-state index in [1.54, 1.807) is 24.3 Å². The van der Waals surface area contributed by atoms with E-state index in [2.05, 4.69) is 0 Å². The molecule has 0 aromatic heterocycles. The Kier molecular flexibility index (Phi) is 2.82. The third kappa shape index (κ3) is 1.83. The molecule has 64 valence electrons. The molecule has 0 atom stereocenters. The van der Waals surface area contributed by atoms with Crippen LogP contribution in [-0.2, 0) is 0 Å². The van der Waals surface area contributed by atoms with E-state index >= 15 is 0 Å². The summed E-state index contributed by atoms with van der Waals surface area (Å²) in [6.07, 6.45) is 0. The molecule has 0 radical (unpaired) electrons. The SMILES string of the molecule is CC(=O)c1ccccc1OCO. The number of Topliss-reactive ketones (excluding diaryl/α,β-unsaturated/α-hetero) is 1. The maximum Gasteiger partial charge on any atom is 0.186 e. The molecule has 12 heavy (non-hydrogen) atoms. The summed E-state index contributed by atoms with van der Waals surface area (Å²) in [5, 5.41) is 8.49. The van der Waals surface area contributed by atoms with Crippen LogP contribution >= 0.6 is 0 Å². The van der Waals surface area contributed by atoms with Gasteiger partial charge in [-0.3, -0.25) is 4.79 Å². The van der Waals surface area contributed by atoms with Crippen LogP contribution in [0.4, 0.5) is 0 Å². The van der Waals surface area contributed by atoms with E-state index in [-0.39, 0.29) is 5.78 Å². The van der Waals surface area contributed by atoms with Gasteiger partial charge in [0.15, 0.2) is 12.6 Å². The molecule has 0 spiro atoms. The summed E-state index contributed by atoms with van der Waals surface area (Å²) in [4.78, 5) is 11.0. The molecule has 0 fully saturated rings. The van der Waals surface area contributed by atoms with Crippen molar-refractivity contribution in [1.29, 1.82) is 0 Å². The molecule has 0 aliphatic heterocycles. The standard InChI is InChI=1S/C9H10O3/c1-7(11)8-4-2-3-5-9(8)12-6-10/h2-5,10H,6H2,1H3. The van der Waals surface area contributed by atoms with Crippen molar-refractivity contribution in [3.63, 3.8) is 0 Å². The Morgan fingerprint density at radius 3 is 2.75 bits per heavy atom. The Morgan fingerprint density at radius 2 is 2.17 bits per heavy atom. The van der Waals surface area contributed by atoms with Crippen molar-refractivity contribution in [2.24, 2.45) is 0 Å². The lowest BCUT2D eigenvalue weighted by Gasteiger charge is -2.05. The van der Waals surface area contributed by atoms with Gasteiger partial charge < -0.3 is 9.84 Å². The van der Waals surface area contributed by atoms with Crippen LogP contribution in [0.2, 0.25) is 0 Å². The van der Waals surface area contributed by atoms with Gasteiger partial charge in [-0.15, -0.1) is 0 Å². The summed E-state index contributed by atoms with van der Waals surface area (Å²) < 4.78 is 4.83. The van der Waals surface area contributed by atoms with E-state index in [9.17, 15) is 4.79 Å². The normalized spacial score (nSPS) is 9.50. The molecule has 0 unspecified atom stereocenters. The lowest BCUT2D eigenvalue weighted by molar-refractivity contribution is 0.0928. The number of hydrogen-bond donors (Lipinski definition) is 1. The molecular formula is C9H10O3. The molecule has 0 heterocycles. The average molecular weight is 166 g/mol. The highest BCUT2D eigenvalue weighted by atomic mass is 16.6. The highest BCUT2D eigenvalue weighted by Crippen LogP contribution is 2.17. The van der Waals surface area contributed by atoms with Crippen LogP contribution < -0.4 is 4.74 Å². The number of carbonyl (C=O) groups excluding carboxylic acids is 1. The predicted molar refractivity (Wildman–Crippen MR) is 44.2 cm³/mol. The Balaban J connectivity index is 3.00. The number of carbonyl (C=O) groups is 1. The minimum Gasteiger partial charge on any atom is -0.467 e. The van der Waals surface area contributed by atoms with Crippen molar-refractivity contribution in [2.75, 3.05) is 6.79 Å². The maximum absolute atomic E-state index is 11.0. The monoisotopic (exact) mass is 166 g/mol. The molecule has 0 bridgehead atoms. The quantitative estimate of drug-likeness (QED) is 0.542. The summed E-state index contributed by atoms with van der Waals surface area (Å²) in [5.41, 5.74) is 0.492. The van der Waals surface area contributed by atoms with E-state index in [1.165, 1.54) is 6.92 Å². The lowest BCUT2D eigenvalue weighted by atomic mass is 10.1. The van der Waals surface area contributed by atoms with E-state index in [0.717, 1.165) is 0 Å². The highest BCUT2D eigenvalue weighted by molar-refractivity contribution is 5.96. The van der Waals surface area contributed by atoms with Gasteiger partial charge in [0.1, 0.15) is 5.75 Å². The second kappa shape index (κ2) is 3.88. The van der Waals surface area contributed by atoms with Crippen molar-refractivity contribution < 1.29 is 14.6 Å². The van der Waals surface area contributed by atoms with E-state index < -0.39 is 6.79 Å². The Bertz CT molecular complexity index is 281. The van der Waals surface area contributed by atoms with Gasteiger partial charge in [-0.05, 0) is 19.1 Å². The van der Waals surface area contributed by atoms with Gasteiger partial charge in [-0.25, -0.2) is 0 Å². The summed E-state index contributed by atoms with van der Waals surface area (Å²) in [5.74, 6) is 0.353. The number of benzene rings is 1. The largest absolute Gasteiger partial charge is 0.467 e. The Labute approximate surface area is 70.6 Å². The van der Waals surface area contributed by atoms with Gasteiger partial charge in [-0.2, -0.15) is 0 Å². The lowest BCUT2D eigenvalue weighted by Crippen LogP contribution is -2.01. The maximum atomic E-state index is 11.0. The van der Waals surface area contributed by atoms with Crippen LogP contribution in [0, 0.1) is 0 Å². The number of hydrogen-bond acceptors (Lipinski definition) is 3. The molecule has 0 amide bonds. The first-order valence-corrected chi connectivity index (χ1v) is 3.59. The number of ether oxygens (including phenoxy) is 1. The summed E-state index contributed by atoms with van der Waals surface area (Å²) >= 11 is 0. The van der Waals surface area contributed by atoms with Crippen LogP contribution in [0.3, 0.4) is 0 Å². The van der Waals surface area contributed by atoms with Crippen molar-refractivity contribution in [3.05, 3.63) is 29.8 Å². The van der Waals surface area contributed by atoms with Gasteiger partial charge in [0.25, 0.3) is 0 Å². The summed E-state index contributed by atoms with van der Waals surface area (Å²) in [6.45, 7) is 1.05. The average Bonchev–Trinajstić information content (AvgIpc) is 2.05. The van der Waals surface area contributed by atoms with Gasteiger partial charge in [-0.1, -0.05) is 12.1 Å². The van der Waals surface area contributed by atoms with Crippen molar-refractivity contribution in [1.82, 2.24) is 0 Å². The fraction of sp³-hybridized carbons (Fsp3) is 0.222. The topological polar surface area (TPSA) is 46.5 Å². The molecule has 3 heteroatoms. The molecule has 0 aliphatic carbocycles. The predicted octanol–water partition coefficient (Wildman–Crippen LogP) is 1.22. The zero-order valence-electron chi connectivity index (χ0n) is 6.78. The van der Waals surface area contributed by atoms with E-state index in [4.69, 9.17) is 9.84 Å². The summed E-state index contributed by atoms with van der Waals surface area (Å²) in [6, 6.07) is 6.80. The van der Waals surface area contributed by atoms with Gasteiger partial charge in [0.2, 0.25) is 0 Å². The number of aliphatic hydroxyl groups is 1. The van der Waals surface area contributed by atoms with Crippen molar-refractivity contribution >= 4 is 5.78 Å². The van der Waals surface area contributed by atoms with Crippen LogP contribution in [0.1, 0.15) is 17.3 Å². The first-order chi connectivity index (χ1) is 5.75. The number of rotatable bonds is 3. The first-order valence-electron chi connectivity index (χ1n) is 3.59. The summed E-state index contributed by atoms with van der Waals surface area (Å²) in [7, 11) is 0. The fourth-order valence-corrected chi connectivity index (χ4v) is 0.953. The Hall–Kier alpha value is -1.35. The molecule has 0 aliphatic rings. The molecular weight excluding hydrogens is 156 g/mol. The second-order valence-corrected chi connectivity index (χ2v) is 2.33. The fourth-order valence-electron chi connectivity index (χ4n) is 0.953. The zero-order valence-corrected chi connectivity index (χ0v) is 6.78. The second-order valence-electron chi connectivity index (χ2n) is 2.33. The molecule has 1 rings (SSSR count). The highest BCUT2D eigenvalue weighted by Gasteiger charge is 2.05. The number of ketones is 1. The van der Waals surface area contributed by atoms with E-state index in [0.29, 0.717) is 11.3 Å². The van der Waals surface area contributed by atoms with E-state index in [1.807, 2.05) is 0 Å². The third-order valence-electron chi connectivity index (χ3n) is 1.49. The molecule has 3 nitrogen and oxygen atoms in total. The minimum atomic E-state index is -0.412. The molecule has 1 aromatic carbocycles. The van der Waals surface area contributed by atoms with Crippen molar-refractivity contribution in [2.45, 2.75) is 6.92 Å². The molecule has 0 saturated carbocycles. The minimum absolute atomic E-state index is 0.0703. The van der Waals surface area contributed by atoms with Crippen LogP contribution in [0.25, 0.3) is 0 Å². The third-order valence-corrected chi connectivity index (χ3v) is 1.49. The van der Waals surface area contributed by atoms with Crippen LogP contribution in [-0.4, -0.2) is 17.7 Å². The molecule has 1 N–H and O–H groups in total. The smallest absolute Gasteiger partial charge is 0.186 e. The molecule has 0 saturated heterocycles. The number of aliphatic hydroxyl groups excluding tert-OH is 1. The molecule has 1 aromatic rings. The zero-order chi connectivity index (χ0) is 8.97. The first kappa shape index (κ1) is 8.74. The van der Waals surface area contributed by atoms with Gasteiger partial charge >= 0.3 is 0 Å². The number of para-hydroxylation sites is 1. The van der Waals surface area contributed by atoms with Crippen molar-refractivity contribution in [3.8, 4) is 5.75 Å². The Morgan fingerprint density at radius 1 is 1.50 bits per heavy atom. The van der Waals surface area contributed by atoms with Crippen LogP contribution in [0.15, 0.2) is 24.3 Å².